The number of rotatable bonds is 1. The standard InChI is InChI=1S/C21H28O4/c1-12(22)25-19-16-5-4-13-14-6-7-18(24)21(14,3)10-8-15(13)20(16,2)11-9-17(19)23/h13-15H,4-11H2,1-3H3/t13-,14-,15-,20+,21-/m1/s1. The molecule has 4 aliphatic rings. The second-order valence-corrected chi connectivity index (χ2v) is 9.08. The van der Waals surface area contributed by atoms with Gasteiger partial charge in [0.25, 0.3) is 0 Å². The first-order chi connectivity index (χ1) is 11.8. The molecule has 0 aromatic heterocycles. The Bertz CT molecular complexity index is 690. The lowest BCUT2D eigenvalue weighted by molar-refractivity contribution is -0.142. The molecule has 4 nitrogen and oxygen atoms in total. The van der Waals surface area contributed by atoms with Crippen LogP contribution < -0.4 is 0 Å². The first-order valence-electron chi connectivity index (χ1n) is 9.76. The van der Waals surface area contributed by atoms with Gasteiger partial charge in [0.2, 0.25) is 0 Å². The lowest BCUT2D eigenvalue weighted by Crippen LogP contribution is -2.51. The molecule has 0 unspecified atom stereocenters. The number of carbonyl (C=O) groups is 3. The van der Waals surface area contributed by atoms with Crippen LogP contribution in [0, 0.1) is 28.6 Å². The van der Waals surface area contributed by atoms with Gasteiger partial charge in [0.1, 0.15) is 5.78 Å². The topological polar surface area (TPSA) is 60.4 Å². The summed E-state index contributed by atoms with van der Waals surface area (Å²) in [6.07, 6.45) is 6.94. The van der Waals surface area contributed by atoms with Crippen LogP contribution in [0.5, 0.6) is 0 Å². The van der Waals surface area contributed by atoms with Gasteiger partial charge in [-0.15, -0.1) is 0 Å². The highest BCUT2D eigenvalue weighted by Gasteiger charge is 2.59. The SMILES string of the molecule is CC(=O)OC1=C2CC[C@@H]3[C@H]4CCC(=O)[C@]4(C)CC[C@H]3[C@]2(C)CCC1=O. The predicted octanol–water partition coefficient (Wildman–Crippen LogP) is 3.98. The predicted molar refractivity (Wildman–Crippen MR) is 92.4 cm³/mol. The van der Waals surface area contributed by atoms with Crippen LogP contribution >= 0.6 is 0 Å². The van der Waals surface area contributed by atoms with Crippen molar-refractivity contribution in [1.82, 2.24) is 0 Å². The summed E-state index contributed by atoms with van der Waals surface area (Å²) >= 11 is 0. The van der Waals surface area contributed by atoms with Crippen LogP contribution in [0.1, 0.15) is 72.1 Å². The summed E-state index contributed by atoms with van der Waals surface area (Å²) in [5.74, 6) is 1.94. The third-order valence-electron chi connectivity index (χ3n) is 8.03. The lowest BCUT2D eigenvalue weighted by Gasteiger charge is -2.57. The van der Waals surface area contributed by atoms with E-state index in [1.54, 1.807) is 0 Å². The summed E-state index contributed by atoms with van der Waals surface area (Å²) in [5, 5.41) is 0. The van der Waals surface area contributed by atoms with Gasteiger partial charge in [0.15, 0.2) is 11.5 Å². The van der Waals surface area contributed by atoms with Gasteiger partial charge >= 0.3 is 5.97 Å². The highest BCUT2D eigenvalue weighted by molar-refractivity contribution is 5.97. The van der Waals surface area contributed by atoms with E-state index in [9.17, 15) is 14.4 Å². The number of hydrogen-bond donors (Lipinski definition) is 0. The number of ketones is 2. The Morgan fingerprint density at radius 2 is 1.68 bits per heavy atom. The Labute approximate surface area is 149 Å². The smallest absolute Gasteiger partial charge is 0.308 e. The highest BCUT2D eigenvalue weighted by Crippen LogP contribution is 2.64. The third-order valence-corrected chi connectivity index (χ3v) is 8.03. The van der Waals surface area contributed by atoms with Crippen molar-refractivity contribution in [1.29, 1.82) is 0 Å². The van der Waals surface area contributed by atoms with Crippen molar-refractivity contribution in [3.05, 3.63) is 11.3 Å². The molecule has 0 aliphatic heterocycles. The van der Waals surface area contributed by atoms with E-state index in [4.69, 9.17) is 4.74 Å². The summed E-state index contributed by atoms with van der Waals surface area (Å²) in [6.45, 7) is 5.83. The third kappa shape index (κ3) is 2.29. The van der Waals surface area contributed by atoms with E-state index in [0.29, 0.717) is 35.7 Å². The van der Waals surface area contributed by atoms with Crippen LogP contribution in [0.2, 0.25) is 0 Å². The van der Waals surface area contributed by atoms with Crippen molar-refractivity contribution < 1.29 is 19.1 Å². The molecule has 4 heteroatoms. The number of allylic oxidation sites excluding steroid dienone is 1. The molecular formula is C21H28O4. The summed E-state index contributed by atoms with van der Waals surface area (Å²) in [6, 6.07) is 0. The Balaban J connectivity index is 1.72. The van der Waals surface area contributed by atoms with E-state index >= 15 is 0 Å². The number of esters is 1. The van der Waals surface area contributed by atoms with Crippen molar-refractivity contribution in [2.75, 3.05) is 0 Å². The molecule has 0 amide bonds. The maximum Gasteiger partial charge on any atom is 0.308 e. The van der Waals surface area contributed by atoms with Gasteiger partial charge in [-0.25, -0.2) is 0 Å². The quantitative estimate of drug-likeness (QED) is 0.675. The largest absolute Gasteiger partial charge is 0.423 e. The molecule has 0 heterocycles. The van der Waals surface area contributed by atoms with Gasteiger partial charge in [0.05, 0.1) is 0 Å². The molecular weight excluding hydrogens is 316 g/mol. The molecule has 4 aliphatic carbocycles. The molecule has 136 valence electrons. The maximum absolute atomic E-state index is 12.5. The van der Waals surface area contributed by atoms with Crippen LogP contribution in [0.15, 0.2) is 11.3 Å². The molecule has 0 bridgehead atoms. The number of fused-ring (bicyclic) bond motifs is 5. The molecule has 0 radical (unpaired) electrons. The zero-order valence-corrected chi connectivity index (χ0v) is 15.5. The van der Waals surface area contributed by atoms with Gasteiger partial charge < -0.3 is 4.74 Å². The maximum atomic E-state index is 12.5. The number of hydrogen-bond acceptors (Lipinski definition) is 4. The fraction of sp³-hybridized carbons (Fsp3) is 0.762. The molecule has 0 N–H and O–H groups in total. The molecule has 0 saturated heterocycles. The van der Waals surface area contributed by atoms with Gasteiger partial charge in [-0.2, -0.15) is 0 Å². The van der Waals surface area contributed by atoms with E-state index in [-0.39, 0.29) is 16.6 Å². The minimum Gasteiger partial charge on any atom is -0.423 e. The summed E-state index contributed by atoms with van der Waals surface area (Å²) in [4.78, 5) is 36.4. The van der Waals surface area contributed by atoms with E-state index in [1.165, 1.54) is 6.92 Å². The van der Waals surface area contributed by atoms with E-state index in [1.807, 2.05) is 0 Å². The van der Waals surface area contributed by atoms with Crippen molar-refractivity contribution in [3.8, 4) is 0 Å². The summed E-state index contributed by atoms with van der Waals surface area (Å²) in [7, 11) is 0. The molecule has 0 aromatic rings. The van der Waals surface area contributed by atoms with Crippen LogP contribution in [0.3, 0.4) is 0 Å². The van der Waals surface area contributed by atoms with Gasteiger partial charge in [0, 0.05) is 25.2 Å². The van der Waals surface area contributed by atoms with Crippen LogP contribution in [-0.4, -0.2) is 17.5 Å². The lowest BCUT2D eigenvalue weighted by atomic mass is 9.47. The molecule has 4 rings (SSSR count). The zero-order chi connectivity index (χ0) is 18.0. The summed E-state index contributed by atoms with van der Waals surface area (Å²) < 4.78 is 5.38. The molecule has 25 heavy (non-hydrogen) atoms. The Hall–Kier alpha value is -1.45. The normalized spacial score (nSPS) is 43.4. The molecule has 0 aromatic carbocycles. The van der Waals surface area contributed by atoms with Crippen molar-refractivity contribution in [2.45, 2.75) is 72.1 Å². The molecule has 3 fully saturated rings. The van der Waals surface area contributed by atoms with E-state index in [2.05, 4.69) is 13.8 Å². The van der Waals surface area contributed by atoms with Crippen LogP contribution in [0.4, 0.5) is 0 Å². The van der Waals surface area contributed by atoms with Gasteiger partial charge in [-0.05, 0) is 67.3 Å². The second kappa shape index (κ2) is 5.52. The minimum atomic E-state index is -0.403. The Morgan fingerprint density at radius 3 is 2.40 bits per heavy atom. The first-order valence-corrected chi connectivity index (χ1v) is 9.76. The van der Waals surface area contributed by atoms with E-state index < -0.39 is 5.97 Å². The average Bonchev–Trinajstić information content (AvgIpc) is 2.86. The Kier molecular flexibility index (Phi) is 3.75. The fourth-order valence-electron chi connectivity index (χ4n) is 6.70. The van der Waals surface area contributed by atoms with Gasteiger partial charge in [-0.1, -0.05) is 13.8 Å². The minimum absolute atomic E-state index is 0.0159. The molecule has 5 atom stereocenters. The highest BCUT2D eigenvalue weighted by atomic mass is 16.5. The first kappa shape index (κ1) is 17.0. The number of carbonyl (C=O) groups excluding carboxylic acids is 3. The number of Topliss-reactive ketones (excluding diaryl/α,β-unsaturated/α-hetero) is 2. The summed E-state index contributed by atoms with van der Waals surface area (Å²) in [5.41, 5.74) is 0.893. The molecule has 3 saturated carbocycles. The van der Waals surface area contributed by atoms with E-state index in [0.717, 1.165) is 50.5 Å². The fourth-order valence-corrected chi connectivity index (χ4v) is 6.70. The monoisotopic (exact) mass is 344 g/mol. The van der Waals surface area contributed by atoms with Crippen molar-refractivity contribution in [3.63, 3.8) is 0 Å². The van der Waals surface area contributed by atoms with Crippen molar-refractivity contribution in [2.24, 2.45) is 28.6 Å². The van der Waals surface area contributed by atoms with Crippen molar-refractivity contribution >= 4 is 17.5 Å². The van der Waals surface area contributed by atoms with Crippen LogP contribution in [-0.2, 0) is 19.1 Å². The van der Waals surface area contributed by atoms with Crippen LogP contribution in [0.25, 0.3) is 0 Å². The average molecular weight is 344 g/mol. The Morgan fingerprint density at radius 1 is 0.960 bits per heavy atom. The van der Waals surface area contributed by atoms with Gasteiger partial charge in [-0.3, -0.25) is 14.4 Å². The number of ether oxygens (including phenoxy) is 1. The zero-order valence-electron chi connectivity index (χ0n) is 15.5. The second-order valence-electron chi connectivity index (χ2n) is 9.08. The molecule has 0 spiro atoms.